The summed E-state index contributed by atoms with van der Waals surface area (Å²) in [7, 11) is 0. The van der Waals surface area contributed by atoms with E-state index in [0.717, 1.165) is 19.5 Å². The first kappa shape index (κ1) is 16.1. The number of fused-ring (bicyclic) bond motifs is 1. The first-order valence-electron chi connectivity index (χ1n) is 9.23. The molecule has 25 heavy (non-hydrogen) atoms. The molecule has 1 heteroatoms. The molecule has 126 valence electrons. The molecule has 0 bridgehead atoms. The number of rotatable bonds is 4. The van der Waals surface area contributed by atoms with Crippen LogP contribution in [-0.4, -0.2) is 17.5 Å². The van der Waals surface area contributed by atoms with E-state index >= 15 is 0 Å². The van der Waals surface area contributed by atoms with E-state index < -0.39 is 0 Å². The molecule has 0 radical (unpaired) electrons. The van der Waals surface area contributed by atoms with Crippen LogP contribution in [0.3, 0.4) is 0 Å². The molecule has 3 aromatic carbocycles. The van der Waals surface area contributed by atoms with Crippen molar-refractivity contribution in [3.8, 4) is 0 Å². The molecule has 0 amide bonds. The first-order chi connectivity index (χ1) is 12.3. The second-order valence-corrected chi connectivity index (χ2v) is 7.03. The minimum Gasteiger partial charge on any atom is -0.295 e. The minimum absolute atomic E-state index is 0.446. The lowest BCUT2D eigenvalue weighted by Gasteiger charge is -2.41. The summed E-state index contributed by atoms with van der Waals surface area (Å²) in [4.78, 5) is 2.65. The van der Waals surface area contributed by atoms with Gasteiger partial charge in [-0.15, -0.1) is 0 Å². The Hall–Kier alpha value is -2.38. The van der Waals surface area contributed by atoms with Crippen LogP contribution in [0, 0.1) is 0 Å². The third kappa shape index (κ3) is 3.38. The smallest absolute Gasteiger partial charge is 0.0246 e. The van der Waals surface area contributed by atoms with Crippen molar-refractivity contribution in [1.29, 1.82) is 0 Å². The molecule has 3 aromatic rings. The fourth-order valence-corrected chi connectivity index (χ4v) is 4.13. The van der Waals surface area contributed by atoms with Gasteiger partial charge in [-0.2, -0.15) is 0 Å². The van der Waals surface area contributed by atoms with E-state index in [1.807, 2.05) is 0 Å². The number of hydrogen-bond acceptors (Lipinski definition) is 1. The van der Waals surface area contributed by atoms with Crippen LogP contribution in [0.15, 0.2) is 84.9 Å². The highest BCUT2D eigenvalue weighted by molar-refractivity contribution is 5.41. The predicted octanol–water partition coefficient (Wildman–Crippen LogP) is 5.27. The van der Waals surface area contributed by atoms with E-state index in [0.29, 0.717) is 12.0 Å². The van der Waals surface area contributed by atoms with Crippen LogP contribution in [0.4, 0.5) is 0 Å². The topological polar surface area (TPSA) is 3.24 Å². The zero-order valence-corrected chi connectivity index (χ0v) is 14.8. The van der Waals surface area contributed by atoms with Gasteiger partial charge < -0.3 is 0 Å². The van der Waals surface area contributed by atoms with Crippen molar-refractivity contribution >= 4 is 0 Å². The second-order valence-electron chi connectivity index (χ2n) is 7.03. The Morgan fingerprint density at radius 1 is 0.800 bits per heavy atom. The molecule has 1 nitrogen and oxygen atoms in total. The lowest BCUT2D eigenvalue weighted by atomic mass is 9.79. The van der Waals surface area contributed by atoms with Crippen LogP contribution in [0.5, 0.6) is 0 Å². The Balaban J connectivity index is 1.62. The quantitative estimate of drug-likeness (QED) is 0.631. The van der Waals surface area contributed by atoms with E-state index in [1.54, 1.807) is 0 Å². The van der Waals surface area contributed by atoms with Crippen LogP contribution >= 0.6 is 0 Å². The zero-order chi connectivity index (χ0) is 17.1. The predicted molar refractivity (Wildman–Crippen MR) is 105 cm³/mol. The molecular weight excluding hydrogens is 302 g/mol. The molecule has 1 heterocycles. The van der Waals surface area contributed by atoms with E-state index in [-0.39, 0.29) is 0 Å². The Kier molecular flexibility index (Phi) is 4.67. The minimum atomic E-state index is 0.446. The Bertz CT molecular complexity index is 810. The van der Waals surface area contributed by atoms with Gasteiger partial charge in [-0.1, -0.05) is 84.9 Å². The first-order valence-corrected chi connectivity index (χ1v) is 9.23. The Labute approximate surface area is 150 Å². The zero-order valence-electron chi connectivity index (χ0n) is 14.8. The van der Waals surface area contributed by atoms with Crippen molar-refractivity contribution < 1.29 is 0 Å². The average Bonchev–Trinajstić information content (AvgIpc) is 2.68. The van der Waals surface area contributed by atoms with E-state index in [4.69, 9.17) is 0 Å². The summed E-state index contributed by atoms with van der Waals surface area (Å²) < 4.78 is 0. The monoisotopic (exact) mass is 327 g/mol. The highest BCUT2D eigenvalue weighted by Crippen LogP contribution is 2.37. The molecule has 4 rings (SSSR count). The highest BCUT2D eigenvalue weighted by Gasteiger charge is 2.32. The maximum Gasteiger partial charge on any atom is 0.0246 e. The molecule has 1 aliphatic heterocycles. The molecule has 0 saturated carbocycles. The molecule has 1 aliphatic rings. The van der Waals surface area contributed by atoms with Crippen LogP contribution < -0.4 is 0 Å². The Morgan fingerprint density at radius 2 is 1.44 bits per heavy atom. The van der Waals surface area contributed by atoms with Crippen molar-refractivity contribution in [3.63, 3.8) is 0 Å². The van der Waals surface area contributed by atoms with E-state index in [2.05, 4.69) is 96.8 Å². The van der Waals surface area contributed by atoms with Gasteiger partial charge in [0.1, 0.15) is 0 Å². The van der Waals surface area contributed by atoms with E-state index in [9.17, 15) is 0 Å². The molecular formula is C24H25N. The van der Waals surface area contributed by atoms with Gasteiger partial charge in [-0.3, -0.25) is 4.90 Å². The second kappa shape index (κ2) is 7.25. The molecule has 0 aromatic heterocycles. The van der Waals surface area contributed by atoms with Gasteiger partial charge in [0.15, 0.2) is 0 Å². The summed E-state index contributed by atoms with van der Waals surface area (Å²) in [5, 5.41) is 0. The van der Waals surface area contributed by atoms with Gasteiger partial charge in [0.2, 0.25) is 0 Å². The molecule has 0 aliphatic carbocycles. The normalized spacial score (nSPS) is 20.2. The van der Waals surface area contributed by atoms with Gasteiger partial charge in [0.05, 0.1) is 0 Å². The van der Waals surface area contributed by atoms with Crippen molar-refractivity contribution in [2.24, 2.45) is 0 Å². The fraction of sp³-hybridized carbons (Fsp3) is 0.250. The maximum absolute atomic E-state index is 2.65. The highest BCUT2D eigenvalue weighted by atomic mass is 15.2. The summed E-state index contributed by atoms with van der Waals surface area (Å²) in [6, 6.07) is 31.3. The summed E-state index contributed by atoms with van der Waals surface area (Å²) >= 11 is 0. The van der Waals surface area contributed by atoms with Crippen molar-refractivity contribution in [1.82, 2.24) is 4.90 Å². The van der Waals surface area contributed by atoms with Crippen LogP contribution in [0.1, 0.15) is 35.1 Å². The number of benzene rings is 3. The summed E-state index contributed by atoms with van der Waals surface area (Å²) in [6.07, 6.45) is 1.11. The van der Waals surface area contributed by atoms with Crippen molar-refractivity contribution in [2.75, 3.05) is 6.54 Å². The molecule has 0 fully saturated rings. The summed E-state index contributed by atoms with van der Waals surface area (Å²) in [5.41, 5.74) is 5.82. The lowest BCUT2D eigenvalue weighted by molar-refractivity contribution is 0.171. The van der Waals surface area contributed by atoms with Crippen LogP contribution in [0.25, 0.3) is 0 Å². The number of nitrogens with zero attached hydrogens (tertiary/aromatic N) is 1. The van der Waals surface area contributed by atoms with Crippen LogP contribution in [-0.2, 0) is 13.0 Å². The van der Waals surface area contributed by atoms with Gasteiger partial charge >= 0.3 is 0 Å². The van der Waals surface area contributed by atoms with Crippen molar-refractivity contribution in [2.45, 2.75) is 31.8 Å². The third-order valence-corrected chi connectivity index (χ3v) is 5.51. The standard InChI is InChI=1S/C24H25N/c1-19-24(21-12-6-3-7-13-21)23-15-9-8-14-22(23)18-25(19)17-16-20-10-4-2-5-11-20/h2-15,19,24H,16-18H2,1H3/t19-,24-/m0/s1. The van der Waals surface area contributed by atoms with Crippen molar-refractivity contribution in [3.05, 3.63) is 107 Å². The Morgan fingerprint density at radius 3 is 2.20 bits per heavy atom. The molecule has 0 unspecified atom stereocenters. The third-order valence-electron chi connectivity index (χ3n) is 5.51. The lowest BCUT2D eigenvalue weighted by Crippen LogP contribution is -2.42. The molecule has 0 spiro atoms. The summed E-state index contributed by atoms with van der Waals surface area (Å²) in [5.74, 6) is 0.446. The van der Waals surface area contributed by atoms with Gasteiger partial charge in [-0.05, 0) is 35.6 Å². The molecule has 0 N–H and O–H groups in total. The van der Waals surface area contributed by atoms with Gasteiger partial charge in [0, 0.05) is 25.0 Å². The fourth-order valence-electron chi connectivity index (χ4n) is 4.13. The molecule has 2 atom stereocenters. The SMILES string of the molecule is C[C@H]1[C@@H](c2ccccc2)c2ccccc2CN1CCc1ccccc1. The van der Waals surface area contributed by atoms with E-state index in [1.165, 1.54) is 22.3 Å². The average molecular weight is 327 g/mol. The van der Waals surface area contributed by atoms with Gasteiger partial charge in [0.25, 0.3) is 0 Å². The maximum atomic E-state index is 2.65. The van der Waals surface area contributed by atoms with Crippen LogP contribution in [0.2, 0.25) is 0 Å². The largest absolute Gasteiger partial charge is 0.295 e. The van der Waals surface area contributed by atoms with Gasteiger partial charge in [-0.25, -0.2) is 0 Å². The molecule has 0 saturated heterocycles. The number of hydrogen-bond donors (Lipinski definition) is 0. The summed E-state index contributed by atoms with van der Waals surface area (Å²) in [6.45, 7) is 4.54.